The van der Waals surface area contributed by atoms with Crippen molar-refractivity contribution in [2.24, 2.45) is 0 Å². The van der Waals surface area contributed by atoms with Crippen molar-refractivity contribution in [2.75, 3.05) is 0 Å². The molecule has 0 amide bonds. The summed E-state index contributed by atoms with van der Waals surface area (Å²) in [5.41, 5.74) is 0. The van der Waals surface area contributed by atoms with E-state index < -0.39 is 0 Å². The molecule has 0 fully saturated rings. The zero-order valence-corrected chi connectivity index (χ0v) is 3.80. The smallest absolute Gasteiger partial charge is 0.372 e. The quantitative estimate of drug-likeness (QED) is 0.393. The van der Waals surface area contributed by atoms with Crippen LogP contribution < -0.4 is 0 Å². The van der Waals surface area contributed by atoms with E-state index in [0.717, 1.165) is 6.42 Å². The fourth-order valence-electron chi connectivity index (χ4n) is 0. The van der Waals surface area contributed by atoms with Crippen LogP contribution >= 0.6 is 0 Å². The third-order valence-corrected chi connectivity index (χ3v) is 0. The van der Waals surface area contributed by atoms with Crippen LogP contribution in [0.2, 0.25) is 0 Å². The molecule has 4 heavy (non-hydrogen) atoms. The summed E-state index contributed by atoms with van der Waals surface area (Å²) in [6.45, 7) is 6.75. The Morgan fingerprint density at radius 3 is 1.25 bits per heavy atom. The molecule has 0 rings (SSSR count). The second kappa shape index (κ2) is 9.65. The molecule has 0 aromatic heterocycles. The van der Waals surface area contributed by atoms with Crippen LogP contribution in [0.15, 0.2) is 0 Å². The molecule has 0 aliphatic rings. The predicted molar refractivity (Wildman–Crippen MR) is 15.3 cm³/mol. The van der Waals surface area contributed by atoms with Crippen LogP contribution in [0, 0.1) is 13.8 Å². The van der Waals surface area contributed by atoms with Crippen LogP contribution in [-0.4, -0.2) is 0 Å². The first-order valence-electron chi connectivity index (χ1n) is 1.000. The molecule has 0 unspecified atom stereocenters. The molecule has 0 radical (unpaired) electrons. The van der Waals surface area contributed by atoms with Crippen molar-refractivity contribution < 1.29 is 17.4 Å². The molecule has 0 saturated heterocycles. The molecule has 0 N–H and O–H groups in total. The van der Waals surface area contributed by atoms with Gasteiger partial charge in [0.1, 0.15) is 0 Å². The molecular formula is C3H6Cr. The summed E-state index contributed by atoms with van der Waals surface area (Å²) in [5, 5.41) is 0. The maximum Gasteiger partial charge on any atom is 2.00 e. The van der Waals surface area contributed by atoms with Crippen LogP contribution in [-0.2, 0) is 17.4 Å². The molecule has 0 aromatic rings. The van der Waals surface area contributed by atoms with Gasteiger partial charge < -0.3 is 20.3 Å². The molecule has 0 aliphatic carbocycles. The van der Waals surface area contributed by atoms with Gasteiger partial charge in [0.2, 0.25) is 0 Å². The van der Waals surface area contributed by atoms with E-state index in [9.17, 15) is 0 Å². The number of hydrogen-bond donors (Lipinski definition) is 0. The molecule has 0 spiro atoms. The van der Waals surface area contributed by atoms with Crippen molar-refractivity contribution in [3.8, 4) is 0 Å². The van der Waals surface area contributed by atoms with Crippen LogP contribution in [0.5, 0.6) is 0 Å². The van der Waals surface area contributed by atoms with E-state index in [2.05, 4.69) is 13.8 Å². The summed E-state index contributed by atoms with van der Waals surface area (Å²) in [6, 6.07) is 0. The molecule has 1 heteroatoms. The molecule has 0 nitrogen and oxygen atoms in total. The summed E-state index contributed by atoms with van der Waals surface area (Å²) < 4.78 is 0. The van der Waals surface area contributed by atoms with Crippen molar-refractivity contribution in [2.45, 2.75) is 6.42 Å². The van der Waals surface area contributed by atoms with E-state index in [-0.39, 0.29) is 17.4 Å². The predicted octanol–water partition coefficient (Wildman–Crippen LogP) is 1.04. The van der Waals surface area contributed by atoms with E-state index >= 15 is 0 Å². The van der Waals surface area contributed by atoms with Crippen molar-refractivity contribution in [3.05, 3.63) is 13.8 Å². The molecule has 0 saturated carbocycles. The van der Waals surface area contributed by atoms with Crippen molar-refractivity contribution in [1.29, 1.82) is 0 Å². The van der Waals surface area contributed by atoms with E-state index in [1.165, 1.54) is 0 Å². The number of rotatable bonds is 0. The van der Waals surface area contributed by atoms with Gasteiger partial charge in [-0.2, -0.15) is 0 Å². The average Bonchev–Trinajstić information content (AvgIpc) is 0.918. The Labute approximate surface area is 38.3 Å². The molecular weight excluding hydrogens is 88.0 g/mol. The third kappa shape index (κ3) is 21.0. The van der Waals surface area contributed by atoms with Gasteiger partial charge in [0, 0.05) is 0 Å². The van der Waals surface area contributed by atoms with Gasteiger partial charge in [0.25, 0.3) is 0 Å². The Hall–Kier alpha value is 0.532. The molecule has 0 bridgehead atoms. The molecule has 0 heterocycles. The largest absolute Gasteiger partial charge is 2.00 e. The summed E-state index contributed by atoms with van der Waals surface area (Å²) in [4.78, 5) is 0. The van der Waals surface area contributed by atoms with Gasteiger partial charge >= 0.3 is 17.4 Å². The van der Waals surface area contributed by atoms with Gasteiger partial charge in [-0.25, -0.2) is 0 Å². The SMILES string of the molecule is [CH2-]C[CH2-].[Cr+2]. The maximum absolute atomic E-state index is 3.38. The summed E-state index contributed by atoms with van der Waals surface area (Å²) >= 11 is 0. The second-order valence-electron chi connectivity index (χ2n) is 0.354. The monoisotopic (exact) mass is 94.0 g/mol. The number of hydrogen-bond acceptors (Lipinski definition) is 0. The summed E-state index contributed by atoms with van der Waals surface area (Å²) in [5.74, 6) is 0. The third-order valence-electron chi connectivity index (χ3n) is 0. The van der Waals surface area contributed by atoms with Crippen LogP contribution in [0.4, 0.5) is 0 Å². The van der Waals surface area contributed by atoms with Gasteiger partial charge in [0.15, 0.2) is 0 Å². The van der Waals surface area contributed by atoms with Crippen LogP contribution in [0.25, 0.3) is 0 Å². The van der Waals surface area contributed by atoms with E-state index in [4.69, 9.17) is 0 Å². The van der Waals surface area contributed by atoms with Gasteiger partial charge in [-0.1, -0.05) is 0 Å². The van der Waals surface area contributed by atoms with Gasteiger partial charge in [0.05, 0.1) is 0 Å². The van der Waals surface area contributed by atoms with Crippen molar-refractivity contribution >= 4 is 0 Å². The van der Waals surface area contributed by atoms with E-state index in [0.29, 0.717) is 0 Å². The van der Waals surface area contributed by atoms with Crippen LogP contribution in [0.1, 0.15) is 6.42 Å². The second-order valence-corrected chi connectivity index (χ2v) is 0.354. The van der Waals surface area contributed by atoms with E-state index in [1.54, 1.807) is 0 Å². The first kappa shape index (κ1) is 8.82. The zero-order chi connectivity index (χ0) is 2.71. The molecule has 24 valence electrons. The average molecular weight is 94.1 g/mol. The normalized spacial score (nSPS) is 4.50. The Bertz CT molecular complexity index is 3.25. The van der Waals surface area contributed by atoms with Gasteiger partial charge in [-0.3, -0.25) is 0 Å². The Balaban J connectivity index is 0. The van der Waals surface area contributed by atoms with Crippen molar-refractivity contribution in [1.82, 2.24) is 0 Å². The fourth-order valence-corrected chi connectivity index (χ4v) is 0. The van der Waals surface area contributed by atoms with Gasteiger partial charge in [-0.05, 0) is 0 Å². The zero-order valence-electron chi connectivity index (χ0n) is 2.53. The maximum atomic E-state index is 3.38. The fraction of sp³-hybridized carbons (Fsp3) is 0.333. The first-order chi connectivity index (χ1) is 1.41. The minimum atomic E-state index is 0. The topological polar surface area (TPSA) is 0 Å². The Morgan fingerprint density at radius 2 is 1.25 bits per heavy atom. The van der Waals surface area contributed by atoms with E-state index in [1.807, 2.05) is 0 Å². The molecule has 0 atom stereocenters. The van der Waals surface area contributed by atoms with Gasteiger partial charge in [-0.15, -0.1) is 0 Å². The minimum Gasteiger partial charge on any atom is -0.372 e. The summed E-state index contributed by atoms with van der Waals surface area (Å²) in [7, 11) is 0. The first-order valence-corrected chi connectivity index (χ1v) is 1.000. The minimum absolute atomic E-state index is 0. The summed E-state index contributed by atoms with van der Waals surface area (Å²) in [6.07, 6.45) is 0.750. The standard InChI is InChI=1S/C3H6.Cr/c1-3-2;/h1-3H2;/q-2;+2. The van der Waals surface area contributed by atoms with Crippen molar-refractivity contribution in [3.63, 3.8) is 0 Å². The Morgan fingerprint density at radius 1 is 1.25 bits per heavy atom. The van der Waals surface area contributed by atoms with Crippen LogP contribution in [0.3, 0.4) is 0 Å². The molecule has 0 aliphatic heterocycles. The Kier molecular flexibility index (Phi) is 21.3. The molecule has 0 aromatic carbocycles.